The zero-order valence-electron chi connectivity index (χ0n) is 13.9. The van der Waals surface area contributed by atoms with Crippen LogP contribution in [0, 0.1) is 5.92 Å². The van der Waals surface area contributed by atoms with Gasteiger partial charge in [-0.15, -0.1) is 0 Å². The number of ether oxygens (including phenoxy) is 2. The SMILES string of the molecule is COC(=O)N[C@H](C(=O)N1C(C)CCC1C(=O)OCC=O)C(C)C. The number of esters is 1. The number of likely N-dealkylation sites (tertiary alicyclic amines) is 1. The fourth-order valence-electron chi connectivity index (χ4n) is 2.66. The van der Waals surface area contributed by atoms with Gasteiger partial charge < -0.3 is 19.7 Å². The van der Waals surface area contributed by atoms with Crippen LogP contribution in [0.5, 0.6) is 0 Å². The highest BCUT2D eigenvalue weighted by Gasteiger charge is 2.43. The molecule has 8 nitrogen and oxygen atoms in total. The average molecular weight is 328 g/mol. The molecule has 0 saturated carbocycles. The van der Waals surface area contributed by atoms with Crippen molar-refractivity contribution in [2.24, 2.45) is 5.92 Å². The van der Waals surface area contributed by atoms with Gasteiger partial charge in [0.25, 0.3) is 0 Å². The first-order valence-electron chi connectivity index (χ1n) is 7.60. The van der Waals surface area contributed by atoms with Crippen molar-refractivity contribution in [3.8, 4) is 0 Å². The molecule has 3 atom stereocenters. The fraction of sp³-hybridized carbons (Fsp3) is 0.733. The number of hydrogen-bond donors (Lipinski definition) is 1. The summed E-state index contributed by atoms with van der Waals surface area (Å²) in [5, 5.41) is 2.51. The Morgan fingerprint density at radius 2 is 1.96 bits per heavy atom. The largest absolute Gasteiger partial charge is 0.456 e. The van der Waals surface area contributed by atoms with E-state index in [0.717, 1.165) is 0 Å². The van der Waals surface area contributed by atoms with Gasteiger partial charge in [-0.1, -0.05) is 13.8 Å². The van der Waals surface area contributed by atoms with E-state index in [4.69, 9.17) is 4.74 Å². The summed E-state index contributed by atoms with van der Waals surface area (Å²) in [5.41, 5.74) is 0. The zero-order chi connectivity index (χ0) is 17.6. The maximum atomic E-state index is 12.8. The number of rotatable bonds is 6. The summed E-state index contributed by atoms with van der Waals surface area (Å²) >= 11 is 0. The first-order chi connectivity index (χ1) is 10.8. The molecule has 0 aromatic rings. The summed E-state index contributed by atoms with van der Waals surface area (Å²) in [6, 6.07) is -1.69. The Kier molecular flexibility index (Phi) is 6.99. The molecule has 0 aromatic carbocycles. The predicted octanol–water partition coefficient (Wildman–Crippen LogP) is 0.489. The quantitative estimate of drug-likeness (QED) is 0.562. The molecular formula is C15H24N2O6. The van der Waals surface area contributed by atoms with Gasteiger partial charge in [0.05, 0.1) is 7.11 Å². The van der Waals surface area contributed by atoms with Crippen molar-refractivity contribution < 1.29 is 28.7 Å². The maximum absolute atomic E-state index is 12.8. The number of carbonyl (C=O) groups is 4. The van der Waals surface area contributed by atoms with Gasteiger partial charge in [0.1, 0.15) is 18.7 Å². The van der Waals surface area contributed by atoms with E-state index in [1.54, 1.807) is 13.8 Å². The molecule has 0 bridgehead atoms. The molecule has 0 spiro atoms. The normalized spacial score (nSPS) is 21.7. The number of alkyl carbamates (subject to hydrolysis) is 1. The lowest BCUT2D eigenvalue weighted by atomic mass is 10.0. The Morgan fingerprint density at radius 3 is 2.48 bits per heavy atom. The Hall–Kier alpha value is -2.12. The summed E-state index contributed by atoms with van der Waals surface area (Å²) in [4.78, 5) is 48.1. The summed E-state index contributed by atoms with van der Waals surface area (Å²) in [7, 11) is 1.22. The monoisotopic (exact) mass is 328 g/mol. The third kappa shape index (κ3) is 4.67. The second kappa shape index (κ2) is 8.50. The van der Waals surface area contributed by atoms with E-state index in [-0.39, 0.29) is 24.5 Å². The molecular weight excluding hydrogens is 304 g/mol. The van der Waals surface area contributed by atoms with Crippen molar-refractivity contribution in [1.29, 1.82) is 0 Å². The third-order valence-corrected chi connectivity index (χ3v) is 3.88. The summed E-state index contributed by atoms with van der Waals surface area (Å²) < 4.78 is 9.38. The minimum Gasteiger partial charge on any atom is -0.456 e. The standard InChI is InChI=1S/C15H24N2O6/c1-9(2)12(16-15(21)22-4)13(19)17-10(3)5-6-11(17)14(20)23-8-7-18/h7,9-12H,5-6,8H2,1-4H3,(H,16,21)/t10?,11?,12-/m0/s1. The number of nitrogens with one attached hydrogen (secondary N) is 1. The lowest BCUT2D eigenvalue weighted by molar-refractivity contribution is -0.156. The lowest BCUT2D eigenvalue weighted by Gasteiger charge is -2.32. The number of carbonyl (C=O) groups excluding carboxylic acids is 4. The Balaban J connectivity index is 2.92. The van der Waals surface area contributed by atoms with Crippen molar-refractivity contribution in [3.05, 3.63) is 0 Å². The predicted molar refractivity (Wildman–Crippen MR) is 80.5 cm³/mol. The van der Waals surface area contributed by atoms with Crippen LogP contribution in [0.15, 0.2) is 0 Å². The molecule has 1 saturated heterocycles. The number of nitrogens with zero attached hydrogens (tertiary/aromatic N) is 1. The maximum Gasteiger partial charge on any atom is 0.407 e. The Bertz CT molecular complexity index is 465. The molecule has 1 aliphatic rings. The van der Waals surface area contributed by atoms with Gasteiger partial charge in [0.2, 0.25) is 5.91 Å². The van der Waals surface area contributed by atoms with E-state index in [1.807, 2.05) is 6.92 Å². The van der Waals surface area contributed by atoms with Gasteiger partial charge in [0.15, 0.2) is 6.29 Å². The van der Waals surface area contributed by atoms with Crippen LogP contribution in [-0.2, 0) is 23.9 Å². The average Bonchev–Trinajstić information content (AvgIpc) is 2.90. The van der Waals surface area contributed by atoms with Crippen molar-refractivity contribution in [1.82, 2.24) is 10.2 Å². The van der Waals surface area contributed by atoms with Crippen LogP contribution in [0.1, 0.15) is 33.6 Å². The van der Waals surface area contributed by atoms with Crippen LogP contribution in [0.25, 0.3) is 0 Å². The van der Waals surface area contributed by atoms with Crippen LogP contribution in [-0.4, -0.2) is 61.0 Å². The highest BCUT2D eigenvalue weighted by molar-refractivity contribution is 5.90. The van der Waals surface area contributed by atoms with Gasteiger partial charge in [-0.25, -0.2) is 9.59 Å². The van der Waals surface area contributed by atoms with E-state index in [2.05, 4.69) is 10.1 Å². The number of methoxy groups -OCH3 is 1. The molecule has 23 heavy (non-hydrogen) atoms. The smallest absolute Gasteiger partial charge is 0.407 e. The highest BCUT2D eigenvalue weighted by atomic mass is 16.5. The molecule has 130 valence electrons. The van der Waals surface area contributed by atoms with E-state index < -0.39 is 24.1 Å². The minimum atomic E-state index is -0.802. The van der Waals surface area contributed by atoms with Gasteiger partial charge in [-0.05, 0) is 25.7 Å². The lowest BCUT2D eigenvalue weighted by Crippen LogP contribution is -2.55. The fourth-order valence-corrected chi connectivity index (χ4v) is 2.66. The van der Waals surface area contributed by atoms with E-state index in [0.29, 0.717) is 19.1 Å². The topological polar surface area (TPSA) is 102 Å². The van der Waals surface area contributed by atoms with Crippen LogP contribution in [0.3, 0.4) is 0 Å². The summed E-state index contributed by atoms with van der Waals surface area (Å²) in [6.45, 7) is 5.08. The molecule has 0 aliphatic carbocycles. The number of hydrogen-bond acceptors (Lipinski definition) is 6. The van der Waals surface area contributed by atoms with Gasteiger partial charge in [-0.2, -0.15) is 0 Å². The van der Waals surface area contributed by atoms with Crippen LogP contribution < -0.4 is 5.32 Å². The van der Waals surface area contributed by atoms with Gasteiger partial charge in [0, 0.05) is 6.04 Å². The minimum absolute atomic E-state index is 0.156. The zero-order valence-corrected chi connectivity index (χ0v) is 13.9. The molecule has 1 aliphatic heterocycles. The van der Waals surface area contributed by atoms with Gasteiger partial charge >= 0.3 is 12.1 Å². The number of aldehydes is 1. The second-order valence-corrected chi connectivity index (χ2v) is 5.84. The van der Waals surface area contributed by atoms with Crippen LogP contribution in [0.2, 0.25) is 0 Å². The van der Waals surface area contributed by atoms with Crippen molar-refractivity contribution in [2.45, 2.75) is 51.7 Å². The molecule has 1 heterocycles. The number of amides is 2. The second-order valence-electron chi connectivity index (χ2n) is 5.84. The molecule has 2 unspecified atom stereocenters. The van der Waals surface area contributed by atoms with Crippen molar-refractivity contribution >= 4 is 24.3 Å². The Labute approximate surface area is 135 Å². The molecule has 2 amide bonds. The molecule has 0 radical (unpaired) electrons. The van der Waals surface area contributed by atoms with Crippen LogP contribution in [0.4, 0.5) is 4.79 Å². The summed E-state index contributed by atoms with van der Waals surface area (Å²) in [5.74, 6) is -1.14. The van der Waals surface area contributed by atoms with Crippen molar-refractivity contribution in [2.75, 3.05) is 13.7 Å². The first kappa shape index (κ1) is 18.9. The molecule has 1 rings (SSSR count). The van der Waals surface area contributed by atoms with E-state index in [9.17, 15) is 19.2 Å². The van der Waals surface area contributed by atoms with Gasteiger partial charge in [-0.3, -0.25) is 9.59 Å². The third-order valence-electron chi connectivity index (χ3n) is 3.88. The van der Waals surface area contributed by atoms with Crippen molar-refractivity contribution in [3.63, 3.8) is 0 Å². The molecule has 8 heteroatoms. The van der Waals surface area contributed by atoms with Crippen LogP contribution >= 0.6 is 0 Å². The highest BCUT2D eigenvalue weighted by Crippen LogP contribution is 2.26. The van der Waals surface area contributed by atoms with E-state index >= 15 is 0 Å². The molecule has 0 aromatic heterocycles. The van der Waals surface area contributed by atoms with E-state index in [1.165, 1.54) is 12.0 Å². The molecule has 1 fully saturated rings. The Morgan fingerprint density at radius 1 is 1.30 bits per heavy atom. The first-order valence-corrected chi connectivity index (χ1v) is 7.60. The summed E-state index contributed by atoms with van der Waals surface area (Å²) in [6.07, 6.45) is 0.894. The molecule has 1 N–H and O–H groups in total.